The molecular weight excluding hydrogens is 190 g/mol. The molecule has 4 nitrogen and oxygen atoms in total. The van der Waals surface area contributed by atoms with Gasteiger partial charge in [0.25, 0.3) is 0 Å². The van der Waals surface area contributed by atoms with E-state index in [0.29, 0.717) is 13.1 Å². The summed E-state index contributed by atoms with van der Waals surface area (Å²) in [5.41, 5.74) is 0. The zero-order chi connectivity index (χ0) is 10.3. The van der Waals surface area contributed by atoms with Gasteiger partial charge in [-0.25, -0.2) is 4.79 Å². The highest BCUT2D eigenvalue weighted by molar-refractivity contribution is 7.99. The summed E-state index contributed by atoms with van der Waals surface area (Å²) in [5.74, 6) is -0.430. The Balaban J connectivity index is 0.000000671. The molecule has 0 atom stereocenters. The normalized spacial score (nSPS) is 15.7. The zero-order valence-corrected chi connectivity index (χ0v) is 8.76. The van der Waals surface area contributed by atoms with Gasteiger partial charge in [0.05, 0.1) is 0 Å². The van der Waals surface area contributed by atoms with E-state index in [4.69, 9.17) is 5.11 Å². The minimum absolute atomic E-state index is 0.565. The van der Waals surface area contributed by atoms with Crippen molar-refractivity contribution in [2.75, 3.05) is 24.6 Å². The van der Waals surface area contributed by atoms with Crippen LogP contribution < -0.4 is 0 Å². The summed E-state index contributed by atoms with van der Waals surface area (Å²) in [4.78, 5) is 22.4. The van der Waals surface area contributed by atoms with E-state index in [1.807, 2.05) is 13.8 Å². The molecule has 0 aromatic carbocycles. The second-order valence-corrected chi connectivity index (χ2v) is 3.43. The molecule has 0 aromatic rings. The number of amides is 1. The Labute approximate surface area is 82.3 Å². The Morgan fingerprint density at radius 1 is 1.23 bits per heavy atom. The minimum Gasteiger partial charge on any atom is -0.474 e. The van der Waals surface area contributed by atoms with Crippen LogP contribution in [0.15, 0.2) is 0 Å². The Hall–Kier alpha value is -0.710. The number of nitrogens with zero attached hydrogens (tertiary/aromatic N) is 1. The number of carbonyl (C=O) groups is 2. The number of rotatable bonds is 0. The smallest absolute Gasteiger partial charge is 0.394 e. The van der Waals surface area contributed by atoms with E-state index in [1.165, 1.54) is 4.90 Å². The molecular formula is C8H15NO3S. The number of thioether (sulfide) groups is 1. The van der Waals surface area contributed by atoms with E-state index in [2.05, 4.69) is 0 Å². The van der Waals surface area contributed by atoms with Gasteiger partial charge in [0, 0.05) is 24.6 Å². The topological polar surface area (TPSA) is 57.6 Å². The fourth-order valence-electron chi connectivity index (χ4n) is 0.902. The maximum Gasteiger partial charge on any atom is 0.394 e. The minimum atomic E-state index is -1.35. The van der Waals surface area contributed by atoms with Crippen LogP contribution in [0.1, 0.15) is 13.8 Å². The van der Waals surface area contributed by atoms with E-state index >= 15 is 0 Å². The van der Waals surface area contributed by atoms with E-state index in [-0.39, 0.29) is 0 Å². The standard InChI is InChI=1S/C6H9NO3S.C2H6/c8-5(6(9)10)7-1-3-11-4-2-7;1-2/h1-4H2,(H,9,10);1-2H3. The predicted molar refractivity (Wildman–Crippen MR) is 52.9 cm³/mol. The summed E-state index contributed by atoms with van der Waals surface area (Å²) in [6, 6.07) is 0. The van der Waals surface area contributed by atoms with E-state index in [0.717, 1.165) is 11.5 Å². The second-order valence-electron chi connectivity index (χ2n) is 2.21. The predicted octanol–water partition coefficient (Wildman–Crippen LogP) is 0.673. The third-order valence-corrected chi connectivity index (χ3v) is 2.42. The van der Waals surface area contributed by atoms with Crippen LogP contribution in [-0.2, 0) is 9.59 Å². The molecule has 0 aromatic heterocycles. The van der Waals surface area contributed by atoms with Crippen LogP contribution in [0.25, 0.3) is 0 Å². The fraction of sp³-hybridized carbons (Fsp3) is 0.750. The lowest BCUT2D eigenvalue weighted by Crippen LogP contribution is -2.41. The Kier molecular flexibility index (Phi) is 6.40. The number of hydrogen-bond acceptors (Lipinski definition) is 3. The molecule has 0 spiro atoms. The first-order valence-electron chi connectivity index (χ1n) is 4.32. The summed E-state index contributed by atoms with van der Waals surface area (Å²) in [5, 5.41) is 8.34. The lowest BCUT2D eigenvalue weighted by atomic mass is 10.4. The molecule has 76 valence electrons. The summed E-state index contributed by atoms with van der Waals surface area (Å²) in [6.45, 7) is 5.13. The largest absolute Gasteiger partial charge is 0.474 e. The van der Waals surface area contributed by atoms with Crippen molar-refractivity contribution in [1.82, 2.24) is 4.90 Å². The highest BCUT2D eigenvalue weighted by Gasteiger charge is 2.22. The molecule has 5 heteroatoms. The lowest BCUT2D eigenvalue weighted by molar-refractivity contribution is -0.155. The van der Waals surface area contributed by atoms with Gasteiger partial charge in [-0.15, -0.1) is 0 Å². The van der Waals surface area contributed by atoms with Crippen LogP contribution in [0, 0.1) is 0 Å². The van der Waals surface area contributed by atoms with Gasteiger partial charge in [0.1, 0.15) is 0 Å². The Morgan fingerprint density at radius 2 is 1.69 bits per heavy atom. The average Bonchev–Trinajstić information content (AvgIpc) is 2.21. The molecule has 1 aliphatic rings. The van der Waals surface area contributed by atoms with Gasteiger partial charge in [0.15, 0.2) is 0 Å². The van der Waals surface area contributed by atoms with Crippen LogP contribution in [0.3, 0.4) is 0 Å². The van der Waals surface area contributed by atoms with Gasteiger partial charge in [-0.3, -0.25) is 4.79 Å². The quantitative estimate of drug-likeness (QED) is 0.591. The number of carboxylic acid groups (broad SMARTS) is 1. The molecule has 0 radical (unpaired) electrons. The van der Waals surface area contributed by atoms with Crippen molar-refractivity contribution in [3.05, 3.63) is 0 Å². The highest BCUT2D eigenvalue weighted by atomic mass is 32.2. The van der Waals surface area contributed by atoms with Crippen LogP contribution >= 0.6 is 11.8 Å². The zero-order valence-electron chi connectivity index (χ0n) is 7.95. The van der Waals surface area contributed by atoms with Gasteiger partial charge >= 0.3 is 11.9 Å². The first-order valence-corrected chi connectivity index (χ1v) is 5.47. The van der Waals surface area contributed by atoms with Crippen molar-refractivity contribution >= 4 is 23.6 Å². The van der Waals surface area contributed by atoms with Crippen molar-refractivity contribution in [3.63, 3.8) is 0 Å². The average molecular weight is 205 g/mol. The number of aliphatic carboxylic acids is 1. The van der Waals surface area contributed by atoms with Crippen LogP contribution in [0.4, 0.5) is 0 Å². The molecule has 1 aliphatic heterocycles. The van der Waals surface area contributed by atoms with E-state index in [1.54, 1.807) is 11.8 Å². The molecule has 1 saturated heterocycles. The van der Waals surface area contributed by atoms with Gasteiger partial charge in [-0.1, -0.05) is 13.8 Å². The molecule has 0 bridgehead atoms. The van der Waals surface area contributed by atoms with Crippen LogP contribution in [0.2, 0.25) is 0 Å². The molecule has 0 unspecified atom stereocenters. The second kappa shape index (κ2) is 6.77. The number of hydrogen-bond donors (Lipinski definition) is 1. The van der Waals surface area contributed by atoms with Gasteiger partial charge in [-0.2, -0.15) is 11.8 Å². The molecule has 1 fully saturated rings. The van der Waals surface area contributed by atoms with Gasteiger partial charge in [-0.05, 0) is 0 Å². The van der Waals surface area contributed by atoms with Crippen molar-refractivity contribution in [3.8, 4) is 0 Å². The van der Waals surface area contributed by atoms with Crippen LogP contribution in [-0.4, -0.2) is 46.5 Å². The summed E-state index contributed by atoms with van der Waals surface area (Å²) in [7, 11) is 0. The SMILES string of the molecule is CC.O=C(O)C(=O)N1CCSCC1. The third kappa shape index (κ3) is 4.17. The monoisotopic (exact) mass is 205 g/mol. The van der Waals surface area contributed by atoms with E-state index < -0.39 is 11.9 Å². The Morgan fingerprint density at radius 3 is 2.08 bits per heavy atom. The van der Waals surface area contributed by atoms with Crippen molar-refractivity contribution < 1.29 is 14.7 Å². The summed E-state index contributed by atoms with van der Waals surface area (Å²) >= 11 is 1.74. The molecule has 1 N–H and O–H groups in total. The highest BCUT2D eigenvalue weighted by Crippen LogP contribution is 2.08. The lowest BCUT2D eigenvalue weighted by Gasteiger charge is -2.24. The first-order chi connectivity index (χ1) is 6.22. The maximum absolute atomic E-state index is 10.8. The molecule has 0 aliphatic carbocycles. The maximum atomic E-state index is 10.8. The fourth-order valence-corrected chi connectivity index (χ4v) is 1.80. The number of carboxylic acids is 1. The molecule has 0 saturated carbocycles. The molecule has 1 heterocycles. The van der Waals surface area contributed by atoms with Crippen molar-refractivity contribution in [2.45, 2.75) is 13.8 Å². The number of carbonyl (C=O) groups excluding carboxylic acids is 1. The van der Waals surface area contributed by atoms with Gasteiger partial charge < -0.3 is 10.0 Å². The molecule has 1 rings (SSSR count). The van der Waals surface area contributed by atoms with Crippen molar-refractivity contribution in [1.29, 1.82) is 0 Å². The summed E-state index contributed by atoms with van der Waals surface area (Å²) < 4.78 is 0. The summed E-state index contributed by atoms with van der Waals surface area (Å²) in [6.07, 6.45) is 0. The molecule has 13 heavy (non-hydrogen) atoms. The van der Waals surface area contributed by atoms with E-state index in [9.17, 15) is 9.59 Å². The van der Waals surface area contributed by atoms with Gasteiger partial charge in [0.2, 0.25) is 0 Å². The van der Waals surface area contributed by atoms with Crippen molar-refractivity contribution in [2.24, 2.45) is 0 Å². The first kappa shape index (κ1) is 12.3. The Bertz CT molecular complexity index is 178. The third-order valence-electron chi connectivity index (χ3n) is 1.48. The molecule has 1 amide bonds. The van der Waals surface area contributed by atoms with Crippen LogP contribution in [0.5, 0.6) is 0 Å².